The molecule has 2 aliphatic heterocycles. The van der Waals surface area contributed by atoms with Gasteiger partial charge in [0.2, 0.25) is 5.91 Å². The van der Waals surface area contributed by atoms with Gasteiger partial charge in [0.15, 0.2) is 0 Å². The topological polar surface area (TPSA) is 66.5 Å². The summed E-state index contributed by atoms with van der Waals surface area (Å²) in [7, 11) is -3.67. The second-order valence-corrected chi connectivity index (χ2v) is 8.07. The van der Waals surface area contributed by atoms with E-state index in [-0.39, 0.29) is 17.2 Å². The smallest absolute Gasteiger partial charge is 0.261 e. The zero-order valence-electron chi connectivity index (χ0n) is 13.4. The predicted molar refractivity (Wildman–Crippen MR) is 92.8 cm³/mol. The average Bonchev–Trinajstić information content (AvgIpc) is 2.85. The maximum Gasteiger partial charge on any atom is 0.261 e. The first-order valence-electron chi connectivity index (χ1n) is 8.00. The first kappa shape index (κ1) is 15.2. The van der Waals surface area contributed by atoms with Crippen molar-refractivity contribution in [2.24, 2.45) is 0 Å². The quantitative estimate of drug-likeness (QED) is 0.932. The number of hydrogen-bond donors (Lipinski definition) is 1. The third-order valence-corrected chi connectivity index (χ3v) is 5.92. The Kier molecular flexibility index (Phi) is 3.38. The Balaban J connectivity index is 1.75. The van der Waals surface area contributed by atoms with Crippen molar-refractivity contribution in [3.05, 3.63) is 53.1 Å². The number of amides is 1. The van der Waals surface area contributed by atoms with Crippen molar-refractivity contribution in [2.45, 2.75) is 31.1 Å². The Labute approximate surface area is 141 Å². The van der Waals surface area contributed by atoms with Crippen LogP contribution in [0.1, 0.15) is 23.1 Å². The number of aryl methyl sites for hydroxylation is 2. The van der Waals surface area contributed by atoms with Crippen LogP contribution in [0.5, 0.6) is 0 Å². The van der Waals surface area contributed by atoms with Gasteiger partial charge in [-0.2, -0.15) is 0 Å². The van der Waals surface area contributed by atoms with Crippen LogP contribution in [0.25, 0.3) is 0 Å². The van der Waals surface area contributed by atoms with Gasteiger partial charge in [0.1, 0.15) is 0 Å². The zero-order valence-corrected chi connectivity index (χ0v) is 14.2. The van der Waals surface area contributed by atoms with E-state index in [9.17, 15) is 13.2 Å². The molecule has 1 amide bonds. The fourth-order valence-corrected chi connectivity index (χ4v) is 4.67. The van der Waals surface area contributed by atoms with Gasteiger partial charge in [-0.05, 0) is 60.7 Å². The number of anilines is 2. The summed E-state index contributed by atoms with van der Waals surface area (Å²) >= 11 is 0. The van der Waals surface area contributed by atoms with Gasteiger partial charge in [0.25, 0.3) is 10.0 Å². The Morgan fingerprint density at radius 3 is 2.71 bits per heavy atom. The Morgan fingerprint density at radius 1 is 1.12 bits per heavy atom. The average molecular weight is 342 g/mol. The lowest BCUT2D eigenvalue weighted by Crippen LogP contribution is -2.31. The number of carbonyl (C=O) groups is 1. The SMILES string of the molecule is Cc1cccc(NS(=O)(=O)c2cc3c4c(c2)CC(=O)N4CCC3)c1. The number of rotatable bonds is 3. The van der Waals surface area contributed by atoms with Crippen molar-refractivity contribution in [1.82, 2.24) is 0 Å². The molecule has 0 bridgehead atoms. The van der Waals surface area contributed by atoms with Crippen molar-refractivity contribution in [3.63, 3.8) is 0 Å². The van der Waals surface area contributed by atoms with Crippen LogP contribution in [-0.4, -0.2) is 20.9 Å². The summed E-state index contributed by atoms with van der Waals surface area (Å²) in [6, 6.07) is 10.6. The second-order valence-electron chi connectivity index (χ2n) is 6.39. The highest BCUT2D eigenvalue weighted by Gasteiger charge is 2.33. The number of benzene rings is 2. The molecule has 2 aromatic carbocycles. The minimum absolute atomic E-state index is 0.0622. The Bertz CT molecular complexity index is 951. The molecule has 0 aromatic heterocycles. The van der Waals surface area contributed by atoms with E-state index in [2.05, 4.69) is 4.72 Å². The molecule has 2 aliphatic rings. The van der Waals surface area contributed by atoms with Gasteiger partial charge in [-0.25, -0.2) is 8.42 Å². The maximum absolute atomic E-state index is 12.8. The van der Waals surface area contributed by atoms with Gasteiger partial charge >= 0.3 is 0 Å². The van der Waals surface area contributed by atoms with E-state index in [1.807, 2.05) is 19.1 Å². The van der Waals surface area contributed by atoms with E-state index in [0.29, 0.717) is 5.69 Å². The summed E-state index contributed by atoms with van der Waals surface area (Å²) in [4.78, 5) is 14.1. The molecule has 0 saturated carbocycles. The first-order chi connectivity index (χ1) is 11.4. The maximum atomic E-state index is 12.8. The van der Waals surface area contributed by atoms with E-state index in [1.165, 1.54) is 0 Å². The lowest BCUT2D eigenvalue weighted by molar-refractivity contribution is -0.117. The van der Waals surface area contributed by atoms with E-state index in [0.717, 1.165) is 41.8 Å². The highest BCUT2D eigenvalue weighted by atomic mass is 32.2. The molecule has 5 nitrogen and oxygen atoms in total. The van der Waals surface area contributed by atoms with E-state index in [4.69, 9.17) is 0 Å². The van der Waals surface area contributed by atoms with Crippen molar-refractivity contribution in [2.75, 3.05) is 16.2 Å². The van der Waals surface area contributed by atoms with Gasteiger partial charge in [-0.3, -0.25) is 9.52 Å². The predicted octanol–water partition coefficient (Wildman–Crippen LogP) is 2.63. The van der Waals surface area contributed by atoms with Crippen LogP contribution in [0.4, 0.5) is 11.4 Å². The van der Waals surface area contributed by atoms with E-state index < -0.39 is 10.0 Å². The molecule has 0 saturated heterocycles. The normalized spacial score (nSPS) is 16.2. The fourth-order valence-electron chi connectivity index (χ4n) is 3.53. The minimum Gasteiger partial charge on any atom is -0.312 e. The molecule has 2 aromatic rings. The van der Waals surface area contributed by atoms with Crippen molar-refractivity contribution in [1.29, 1.82) is 0 Å². The van der Waals surface area contributed by atoms with Gasteiger partial charge in [-0.1, -0.05) is 12.1 Å². The van der Waals surface area contributed by atoms with Crippen LogP contribution >= 0.6 is 0 Å². The van der Waals surface area contributed by atoms with Crippen LogP contribution in [0, 0.1) is 6.92 Å². The molecule has 1 N–H and O–H groups in total. The van der Waals surface area contributed by atoms with Gasteiger partial charge in [0, 0.05) is 12.2 Å². The highest BCUT2D eigenvalue weighted by molar-refractivity contribution is 7.92. The zero-order chi connectivity index (χ0) is 16.9. The highest BCUT2D eigenvalue weighted by Crippen LogP contribution is 2.38. The van der Waals surface area contributed by atoms with Crippen LogP contribution in [0.15, 0.2) is 41.3 Å². The number of carbonyl (C=O) groups excluding carboxylic acids is 1. The molecule has 0 fully saturated rings. The standard InChI is InChI=1S/C18H18N2O3S/c1-12-4-2-6-15(8-12)19-24(22,23)16-9-13-5-3-7-20-17(21)11-14(10-16)18(13)20/h2,4,6,8-10,19H,3,5,7,11H2,1H3. The van der Waals surface area contributed by atoms with Crippen LogP contribution in [0.3, 0.4) is 0 Å². The fraction of sp³-hybridized carbons (Fsp3) is 0.278. The third kappa shape index (κ3) is 2.47. The molecular formula is C18H18N2O3S. The molecule has 2 heterocycles. The van der Waals surface area contributed by atoms with E-state index >= 15 is 0 Å². The molecule has 0 unspecified atom stereocenters. The Hall–Kier alpha value is -2.34. The monoisotopic (exact) mass is 342 g/mol. The number of sulfonamides is 1. The van der Waals surface area contributed by atoms with Crippen molar-refractivity contribution >= 4 is 27.3 Å². The summed E-state index contributed by atoms with van der Waals surface area (Å²) in [5, 5.41) is 0. The van der Waals surface area contributed by atoms with E-state index in [1.54, 1.807) is 29.2 Å². The molecule has 0 aliphatic carbocycles. The van der Waals surface area contributed by atoms with Crippen LogP contribution < -0.4 is 9.62 Å². The van der Waals surface area contributed by atoms with Crippen molar-refractivity contribution in [3.8, 4) is 0 Å². The number of nitrogens with one attached hydrogen (secondary N) is 1. The molecule has 4 rings (SSSR count). The summed E-state index contributed by atoms with van der Waals surface area (Å²) < 4.78 is 28.1. The largest absolute Gasteiger partial charge is 0.312 e. The first-order valence-corrected chi connectivity index (χ1v) is 9.48. The number of nitrogens with zero attached hydrogens (tertiary/aromatic N) is 1. The molecule has 0 atom stereocenters. The molecule has 24 heavy (non-hydrogen) atoms. The summed E-state index contributed by atoms with van der Waals surface area (Å²) in [5.41, 5.74) is 4.24. The van der Waals surface area contributed by atoms with Gasteiger partial charge < -0.3 is 4.90 Å². The second kappa shape index (κ2) is 5.34. The lowest BCUT2D eigenvalue weighted by Gasteiger charge is -2.26. The van der Waals surface area contributed by atoms with Crippen LogP contribution in [0.2, 0.25) is 0 Å². The van der Waals surface area contributed by atoms with Crippen LogP contribution in [-0.2, 0) is 27.7 Å². The summed E-state index contributed by atoms with van der Waals surface area (Å²) in [6.07, 6.45) is 1.96. The van der Waals surface area contributed by atoms with Crippen molar-refractivity contribution < 1.29 is 13.2 Å². The summed E-state index contributed by atoms with van der Waals surface area (Å²) in [6.45, 7) is 2.64. The summed E-state index contributed by atoms with van der Waals surface area (Å²) in [5.74, 6) is 0.0622. The molecule has 0 spiro atoms. The molecule has 6 heteroatoms. The third-order valence-electron chi connectivity index (χ3n) is 4.56. The van der Waals surface area contributed by atoms with Gasteiger partial charge in [0.05, 0.1) is 17.0 Å². The lowest BCUT2D eigenvalue weighted by atomic mass is 10.0. The Morgan fingerprint density at radius 2 is 1.92 bits per heavy atom. The molecule has 124 valence electrons. The van der Waals surface area contributed by atoms with Gasteiger partial charge in [-0.15, -0.1) is 0 Å². The molecule has 0 radical (unpaired) electrons. The number of hydrogen-bond acceptors (Lipinski definition) is 3. The minimum atomic E-state index is -3.67. The molecular weight excluding hydrogens is 324 g/mol.